The Balaban J connectivity index is 1.17. The fourth-order valence-corrected chi connectivity index (χ4v) is 4.34. The Hall–Kier alpha value is -2.80. The minimum atomic E-state index is -0.00409. The fourth-order valence-electron chi connectivity index (χ4n) is 4.34. The van der Waals surface area contributed by atoms with Gasteiger partial charge in [0.05, 0.1) is 24.3 Å². The lowest BCUT2D eigenvalue weighted by atomic mass is 9.96. The number of piperidine rings is 1. The van der Waals surface area contributed by atoms with Gasteiger partial charge in [0.1, 0.15) is 5.76 Å². The molecule has 0 unspecified atom stereocenters. The van der Waals surface area contributed by atoms with Crippen LogP contribution in [0, 0.1) is 5.92 Å². The highest BCUT2D eigenvalue weighted by Crippen LogP contribution is 2.25. The first-order chi connectivity index (χ1) is 14.2. The maximum absolute atomic E-state index is 12.5. The van der Waals surface area contributed by atoms with Crippen LogP contribution >= 0.6 is 0 Å². The van der Waals surface area contributed by atoms with E-state index in [-0.39, 0.29) is 5.56 Å². The lowest BCUT2D eigenvalue weighted by molar-refractivity contribution is 0.153. The van der Waals surface area contributed by atoms with Gasteiger partial charge in [-0.15, -0.1) is 0 Å². The first-order valence-electron chi connectivity index (χ1n) is 10.4. The van der Waals surface area contributed by atoms with E-state index in [1.807, 2.05) is 12.1 Å². The zero-order valence-corrected chi connectivity index (χ0v) is 16.5. The van der Waals surface area contributed by atoms with E-state index in [4.69, 9.17) is 4.42 Å². The van der Waals surface area contributed by atoms with Crippen molar-refractivity contribution in [3.05, 3.63) is 64.6 Å². The van der Waals surface area contributed by atoms with Crippen LogP contribution in [-0.2, 0) is 25.9 Å². The van der Waals surface area contributed by atoms with E-state index in [1.54, 1.807) is 29.4 Å². The maximum Gasteiger partial charge on any atom is 0.253 e. The molecule has 7 nitrogen and oxygen atoms in total. The van der Waals surface area contributed by atoms with Crippen LogP contribution in [0.4, 0.5) is 0 Å². The molecule has 0 bridgehead atoms. The van der Waals surface area contributed by atoms with E-state index in [0.29, 0.717) is 11.6 Å². The second-order valence-electron chi connectivity index (χ2n) is 8.06. The quantitative estimate of drug-likeness (QED) is 0.666. The number of fused-ring (bicyclic) bond motifs is 1. The van der Waals surface area contributed by atoms with E-state index in [9.17, 15) is 4.79 Å². The summed E-state index contributed by atoms with van der Waals surface area (Å²) in [6, 6.07) is 5.37. The van der Waals surface area contributed by atoms with Gasteiger partial charge in [0.15, 0.2) is 0 Å². The predicted octanol–water partition coefficient (Wildman–Crippen LogP) is 2.69. The third-order valence-electron chi connectivity index (χ3n) is 6.00. The summed E-state index contributed by atoms with van der Waals surface area (Å²) < 4.78 is 7.64. The Bertz CT molecular complexity index is 1010. The molecular formula is C22H25N5O2. The smallest absolute Gasteiger partial charge is 0.253 e. The monoisotopic (exact) mass is 391 g/mol. The van der Waals surface area contributed by atoms with E-state index < -0.39 is 0 Å². The second-order valence-corrected chi connectivity index (χ2v) is 8.06. The first kappa shape index (κ1) is 18.2. The third kappa shape index (κ3) is 4.00. The molecule has 5 rings (SSSR count). The Morgan fingerprint density at radius 1 is 1.21 bits per heavy atom. The molecule has 7 heteroatoms. The van der Waals surface area contributed by atoms with Gasteiger partial charge in [0.2, 0.25) is 5.89 Å². The molecule has 0 aromatic carbocycles. The Morgan fingerprint density at radius 2 is 2.10 bits per heavy atom. The third-order valence-corrected chi connectivity index (χ3v) is 6.00. The largest absolute Gasteiger partial charge is 0.444 e. The van der Waals surface area contributed by atoms with Gasteiger partial charge in [0, 0.05) is 37.0 Å². The summed E-state index contributed by atoms with van der Waals surface area (Å²) in [6.45, 7) is 3.53. The van der Waals surface area contributed by atoms with E-state index in [0.717, 1.165) is 74.8 Å². The zero-order valence-electron chi connectivity index (χ0n) is 16.5. The predicted molar refractivity (Wildman–Crippen MR) is 108 cm³/mol. The molecule has 1 aliphatic carbocycles. The van der Waals surface area contributed by atoms with Gasteiger partial charge in [0.25, 0.3) is 5.56 Å². The van der Waals surface area contributed by atoms with Crippen LogP contribution < -0.4 is 5.56 Å². The molecule has 0 spiro atoms. The average Bonchev–Trinajstić information content (AvgIpc) is 3.33. The molecule has 0 saturated carbocycles. The van der Waals surface area contributed by atoms with Crippen molar-refractivity contribution in [1.29, 1.82) is 0 Å². The minimum absolute atomic E-state index is 0.00409. The van der Waals surface area contributed by atoms with Crippen LogP contribution in [0.2, 0.25) is 0 Å². The van der Waals surface area contributed by atoms with Gasteiger partial charge >= 0.3 is 0 Å². The average molecular weight is 391 g/mol. The van der Waals surface area contributed by atoms with Crippen molar-refractivity contribution in [3.8, 4) is 11.3 Å². The van der Waals surface area contributed by atoms with Crippen LogP contribution in [0.1, 0.15) is 36.6 Å². The van der Waals surface area contributed by atoms with Crippen molar-refractivity contribution in [1.82, 2.24) is 24.4 Å². The summed E-state index contributed by atoms with van der Waals surface area (Å²) in [5, 5.41) is 0. The Morgan fingerprint density at radius 3 is 2.86 bits per heavy atom. The molecule has 1 fully saturated rings. The normalized spacial score (nSPS) is 17.5. The van der Waals surface area contributed by atoms with Crippen molar-refractivity contribution in [2.75, 3.05) is 13.1 Å². The van der Waals surface area contributed by atoms with Gasteiger partial charge < -0.3 is 4.42 Å². The molecule has 29 heavy (non-hydrogen) atoms. The van der Waals surface area contributed by atoms with Crippen molar-refractivity contribution in [2.45, 2.75) is 45.2 Å². The molecule has 3 aromatic rings. The standard InChI is InChI=1S/C22H25N5O2/c28-22-11-19(17-3-2-8-23-12-17)24-15-27(22)13-16-6-9-26(10-7-16)14-21-25-18-4-1-5-20(18)29-21/h2-3,8,11-12,15-16H,1,4-7,9-10,13-14H2. The van der Waals surface area contributed by atoms with Gasteiger partial charge in [-0.25, -0.2) is 9.97 Å². The zero-order chi connectivity index (χ0) is 19.6. The molecular weight excluding hydrogens is 366 g/mol. The summed E-state index contributed by atoms with van der Waals surface area (Å²) in [4.78, 5) is 28.1. The molecule has 0 radical (unpaired) electrons. The number of nitrogens with zero attached hydrogens (tertiary/aromatic N) is 5. The number of hydrogen-bond donors (Lipinski definition) is 0. The first-order valence-corrected chi connectivity index (χ1v) is 10.4. The number of aryl methyl sites for hydroxylation is 2. The van der Waals surface area contributed by atoms with Crippen LogP contribution in [0.3, 0.4) is 0 Å². The van der Waals surface area contributed by atoms with Crippen molar-refractivity contribution < 1.29 is 4.42 Å². The summed E-state index contributed by atoms with van der Waals surface area (Å²) in [6.07, 6.45) is 10.5. The topological polar surface area (TPSA) is 77.1 Å². The lowest BCUT2D eigenvalue weighted by Gasteiger charge is -2.31. The highest BCUT2D eigenvalue weighted by molar-refractivity contribution is 5.56. The summed E-state index contributed by atoms with van der Waals surface area (Å²) in [7, 11) is 0. The van der Waals surface area contributed by atoms with Gasteiger partial charge in [-0.2, -0.15) is 0 Å². The highest BCUT2D eigenvalue weighted by atomic mass is 16.4. The number of oxazole rings is 1. The molecule has 4 heterocycles. The second kappa shape index (κ2) is 7.91. The van der Waals surface area contributed by atoms with Gasteiger partial charge in [-0.1, -0.05) is 0 Å². The van der Waals surface area contributed by atoms with Gasteiger partial charge in [-0.3, -0.25) is 19.2 Å². The van der Waals surface area contributed by atoms with Crippen molar-refractivity contribution in [3.63, 3.8) is 0 Å². The Labute approximate surface area is 169 Å². The number of likely N-dealkylation sites (tertiary alicyclic amines) is 1. The molecule has 1 saturated heterocycles. The van der Waals surface area contributed by atoms with Crippen LogP contribution in [0.5, 0.6) is 0 Å². The number of hydrogen-bond acceptors (Lipinski definition) is 6. The number of pyridine rings is 1. The molecule has 150 valence electrons. The molecule has 0 N–H and O–H groups in total. The van der Waals surface area contributed by atoms with E-state index >= 15 is 0 Å². The number of aromatic nitrogens is 4. The van der Waals surface area contributed by atoms with E-state index in [1.165, 1.54) is 6.42 Å². The van der Waals surface area contributed by atoms with Crippen LogP contribution in [-0.4, -0.2) is 37.5 Å². The van der Waals surface area contributed by atoms with Crippen molar-refractivity contribution >= 4 is 0 Å². The summed E-state index contributed by atoms with van der Waals surface area (Å²) in [5.41, 5.74) is 2.70. The van der Waals surface area contributed by atoms with Crippen molar-refractivity contribution in [2.24, 2.45) is 5.92 Å². The summed E-state index contributed by atoms with van der Waals surface area (Å²) in [5.74, 6) is 2.45. The number of rotatable bonds is 5. The molecule has 0 atom stereocenters. The molecule has 2 aliphatic rings. The molecule has 1 aliphatic heterocycles. The molecule has 0 amide bonds. The van der Waals surface area contributed by atoms with E-state index in [2.05, 4.69) is 19.9 Å². The fraction of sp³-hybridized carbons (Fsp3) is 0.455. The highest BCUT2D eigenvalue weighted by Gasteiger charge is 2.23. The SMILES string of the molecule is O=c1cc(-c2cccnc2)ncn1CC1CCN(Cc2nc3c(o2)CCC3)CC1. The van der Waals surface area contributed by atoms with Crippen LogP contribution in [0.15, 0.2) is 46.1 Å². The van der Waals surface area contributed by atoms with Gasteiger partial charge in [-0.05, 0) is 56.8 Å². The minimum Gasteiger partial charge on any atom is -0.444 e. The lowest BCUT2D eigenvalue weighted by Crippen LogP contribution is -2.36. The maximum atomic E-state index is 12.5. The molecule has 3 aromatic heterocycles. The van der Waals surface area contributed by atoms with Crippen LogP contribution in [0.25, 0.3) is 11.3 Å². The Kier molecular flexibility index (Phi) is 4.97. The summed E-state index contributed by atoms with van der Waals surface area (Å²) >= 11 is 0.